The van der Waals surface area contributed by atoms with E-state index in [0.29, 0.717) is 5.56 Å². The van der Waals surface area contributed by atoms with Crippen molar-refractivity contribution in [1.82, 2.24) is 9.80 Å². The van der Waals surface area contributed by atoms with Gasteiger partial charge in [-0.2, -0.15) is 0 Å². The average molecular weight is 592 g/mol. The van der Waals surface area contributed by atoms with Crippen molar-refractivity contribution in [3.8, 4) is 0 Å². The zero-order chi connectivity index (χ0) is 32.4. The van der Waals surface area contributed by atoms with Gasteiger partial charge < -0.3 is 14.2 Å². The first kappa shape index (κ1) is 34.8. The maximum atomic E-state index is 14.0. The molecule has 0 unspecified atom stereocenters. The zero-order valence-electron chi connectivity index (χ0n) is 26.8. The van der Waals surface area contributed by atoms with Gasteiger partial charge in [-0.05, 0) is 73.4 Å². The highest BCUT2D eigenvalue weighted by Gasteiger charge is 2.38. The van der Waals surface area contributed by atoms with E-state index in [1.54, 1.807) is 92.7 Å². The molecule has 0 fully saturated rings. The van der Waals surface area contributed by atoms with Crippen LogP contribution in [0.25, 0.3) is 6.08 Å². The Balaban J connectivity index is 2.83. The topological polar surface area (TPSA) is 97.7 Å². The van der Waals surface area contributed by atoms with Crippen LogP contribution < -0.4 is 0 Å². The Morgan fingerprint density at radius 3 is 1.74 bits per heavy atom. The minimum atomic E-state index is -1.01. The van der Waals surface area contributed by atoms with Gasteiger partial charge in [0.15, 0.2) is 0 Å². The van der Waals surface area contributed by atoms with Crippen LogP contribution in [0.2, 0.25) is 0 Å². The fraction of sp³-hybridized carbons (Fsp3) is 0.412. The molecule has 2 rings (SSSR count). The van der Waals surface area contributed by atoms with Gasteiger partial charge in [0.05, 0.1) is 12.6 Å². The van der Waals surface area contributed by atoms with Crippen molar-refractivity contribution in [1.29, 1.82) is 0 Å². The Bertz CT molecular complexity index is 1300. The van der Waals surface area contributed by atoms with E-state index >= 15 is 0 Å². The summed E-state index contributed by atoms with van der Waals surface area (Å²) in [6, 6.07) is 17.6. The molecular weight excluding hydrogens is 546 g/mol. The van der Waals surface area contributed by atoms with Crippen LogP contribution in [0.5, 0.6) is 0 Å². The third-order valence-corrected chi connectivity index (χ3v) is 5.29. The lowest BCUT2D eigenvalue weighted by atomic mass is 10.1. The molecule has 9 nitrogen and oxygen atoms in total. The number of hydrogen-bond acceptors (Lipinski definition) is 6. The van der Waals surface area contributed by atoms with Crippen LogP contribution in [-0.4, -0.2) is 57.4 Å². The summed E-state index contributed by atoms with van der Waals surface area (Å²) in [5.74, 6) is -0.343. The fourth-order valence-corrected chi connectivity index (χ4v) is 3.70. The zero-order valence-corrected chi connectivity index (χ0v) is 26.8. The van der Waals surface area contributed by atoms with Crippen molar-refractivity contribution in [2.75, 3.05) is 6.54 Å². The number of nitrogens with zero attached hydrogens (tertiary/aromatic N) is 3. The highest BCUT2D eigenvalue weighted by Crippen LogP contribution is 2.27. The van der Waals surface area contributed by atoms with E-state index in [4.69, 9.17) is 14.2 Å². The molecule has 2 aromatic rings. The molecule has 0 radical (unpaired) electrons. The second kappa shape index (κ2) is 14.7. The Labute approximate surface area is 255 Å². The summed E-state index contributed by atoms with van der Waals surface area (Å²) in [5, 5.41) is 0. The molecule has 0 spiro atoms. The van der Waals surface area contributed by atoms with Gasteiger partial charge in [-0.1, -0.05) is 78.9 Å². The number of guanidine groups is 1. The summed E-state index contributed by atoms with van der Waals surface area (Å²) in [7, 11) is 0. The third-order valence-electron chi connectivity index (χ3n) is 5.29. The summed E-state index contributed by atoms with van der Waals surface area (Å²) in [5.41, 5.74) is -1.19. The maximum absolute atomic E-state index is 14.0. The minimum Gasteiger partial charge on any atom is -0.443 e. The predicted octanol–water partition coefficient (Wildman–Crippen LogP) is 8.39. The molecule has 0 heterocycles. The Morgan fingerprint density at radius 2 is 1.26 bits per heavy atom. The number of hydrogen-bond donors (Lipinski definition) is 0. The van der Waals surface area contributed by atoms with E-state index in [1.807, 2.05) is 42.5 Å². The predicted molar refractivity (Wildman–Crippen MR) is 170 cm³/mol. The molecule has 3 amide bonds. The molecule has 0 aliphatic carbocycles. The smallest absolute Gasteiger partial charge is 0.437 e. The Morgan fingerprint density at radius 1 is 0.767 bits per heavy atom. The van der Waals surface area contributed by atoms with Crippen LogP contribution in [-0.2, 0) is 14.2 Å². The second-order valence-electron chi connectivity index (χ2n) is 12.7. The van der Waals surface area contributed by atoms with E-state index in [0.717, 1.165) is 15.4 Å². The molecule has 0 aromatic heterocycles. The molecule has 0 saturated heterocycles. The molecule has 0 aliphatic rings. The number of carbonyl (C=O) groups is 3. The molecule has 0 saturated carbocycles. The number of aliphatic imine (C=N–C) groups is 1. The molecule has 43 heavy (non-hydrogen) atoms. The monoisotopic (exact) mass is 591 g/mol. The highest BCUT2D eigenvalue weighted by atomic mass is 16.6. The number of amides is 3. The lowest BCUT2D eigenvalue weighted by molar-refractivity contribution is 0.0258. The van der Waals surface area contributed by atoms with Crippen molar-refractivity contribution in [3.05, 3.63) is 90.5 Å². The van der Waals surface area contributed by atoms with Gasteiger partial charge in [-0.15, -0.1) is 11.6 Å². The van der Waals surface area contributed by atoms with Gasteiger partial charge >= 0.3 is 18.3 Å². The Kier molecular flexibility index (Phi) is 11.9. The lowest BCUT2D eigenvalue weighted by Crippen LogP contribution is -2.53. The lowest BCUT2D eigenvalue weighted by Gasteiger charge is -2.36. The SMILES string of the molecule is C=C[C@@H](c1ccccc1)N(C(=O)OC(C)(C)C)/C(=N/C(=O)OC(C)(C)C)N(C/C=C/c1ccccc1)C(=O)OC(C)(C)C. The van der Waals surface area contributed by atoms with Crippen molar-refractivity contribution in [3.63, 3.8) is 0 Å². The van der Waals surface area contributed by atoms with Gasteiger partial charge in [-0.25, -0.2) is 24.2 Å². The molecule has 1 atom stereocenters. The number of rotatable bonds is 6. The van der Waals surface area contributed by atoms with Gasteiger partial charge in [0.2, 0.25) is 5.96 Å². The normalized spacial score (nSPS) is 13.2. The fourth-order valence-electron chi connectivity index (χ4n) is 3.70. The summed E-state index contributed by atoms with van der Waals surface area (Å²) in [4.78, 5) is 47.4. The summed E-state index contributed by atoms with van der Waals surface area (Å²) >= 11 is 0. The summed E-state index contributed by atoms with van der Waals surface area (Å²) in [6.45, 7) is 19.2. The highest BCUT2D eigenvalue weighted by molar-refractivity contribution is 6.05. The number of ether oxygens (including phenoxy) is 3. The maximum Gasteiger partial charge on any atom is 0.437 e. The first-order valence-electron chi connectivity index (χ1n) is 14.1. The van der Waals surface area contributed by atoms with Crippen molar-refractivity contribution < 1.29 is 28.6 Å². The first-order valence-corrected chi connectivity index (χ1v) is 14.1. The number of carbonyl (C=O) groups excluding carboxylic acids is 3. The van der Waals surface area contributed by atoms with Crippen LogP contribution in [0.4, 0.5) is 14.4 Å². The molecule has 0 bridgehead atoms. The third kappa shape index (κ3) is 12.2. The number of benzene rings is 2. The van der Waals surface area contributed by atoms with E-state index in [-0.39, 0.29) is 12.5 Å². The van der Waals surface area contributed by atoms with Crippen LogP contribution in [0.15, 0.2) is 84.4 Å². The van der Waals surface area contributed by atoms with E-state index in [1.165, 1.54) is 6.08 Å². The van der Waals surface area contributed by atoms with Crippen LogP contribution in [0, 0.1) is 0 Å². The van der Waals surface area contributed by atoms with E-state index in [2.05, 4.69) is 11.6 Å². The minimum absolute atomic E-state index is 0.108. The van der Waals surface area contributed by atoms with Crippen molar-refractivity contribution in [2.24, 2.45) is 4.99 Å². The molecule has 0 N–H and O–H groups in total. The van der Waals surface area contributed by atoms with E-state index in [9.17, 15) is 14.4 Å². The average Bonchev–Trinajstić information content (AvgIpc) is 2.86. The van der Waals surface area contributed by atoms with E-state index < -0.39 is 41.1 Å². The van der Waals surface area contributed by atoms with Crippen LogP contribution >= 0.6 is 0 Å². The summed E-state index contributed by atoms with van der Waals surface area (Å²) < 4.78 is 17.0. The molecule has 0 aliphatic heterocycles. The quantitative estimate of drug-likeness (QED) is 0.145. The van der Waals surface area contributed by atoms with Gasteiger partial charge in [0, 0.05) is 0 Å². The van der Waals surface area contributed by atoms with Gasteiger partial charge in [0.1, 0.15) is 16.8 Å². The van der Waals surface area contributed by atoms with Gasteiger partial charge in [0.25, 0.3) is 0 Å². The summed E-state index contributed by atoms with van der Waals surface area (Å²) in [6.07, 6.45) is 2.33. The standard InChI is InChI=1S/C34H45N3O6/c1-11-27(26-22-16-13-17-23-26)37(31(40)43-34(8,9)10)28(35-29(38)41-32(2,3)4)36(30(39)42-33(5,6)7)24-18-21-25-19-14-12-15-20-25/h11-23,27H,1,24H2,2-10H3/b21-18+,35-28+/t27-/m0/s1. The second-order valence-corrected chi connectivity index (χ2v) is 12.7. The van der Waals surface area contributed by atoms with Crippen molar-refractivity contribution >= 4 is 30.3 Å². The molecule has 2 aromatic carbocycles. The van der Waals surface area contributed by atoms with Crippen molar-refractivity contribution in [2.45, 2.75) is 85.2 Å². The van der Waals surface area contributed by atoms with Crippen LogP contribution in [0.3, 0.4) is 0 Å². The Hall–Kier alpha value is -4.40. The molecule has 9 heteroatoms. The van der Waals surface area contributed by atoms with Gasteiger partial charge in [-0.3, -0.25) is 0 Å². The van der Waals surface area contributed by atoms with Crippen LogP contribution in [0.1, 0.15) is 79.5 Å². The largest absolute Gasteiger partial charge is 0.443 e. The molecule has 232 valence electrons. The molecular formula is C34H45N3O6. The first-order chi connectivity index (χ1) is 19.9.